The van der Waals surface area contributed by atoms with Gasteiger partial charge in [0.2, 0.25) is 0 Å². The molecular weight excluding hydrogens is 325 g/mol. The van der Waals surface area contributed by atoms with Crippen LogP contribution in [-0.4, -0.2) is 7.11 Å². The van der Waals surface area contributed by atoms with Crippen LogP contribution in [0.25, 0.3) is 0 Å². The smallest absolute Gasteiger partial charge is 0.123 e. The maximum Gasteiger partial charge on any atom is 0.123 e. The molecule has 2 N–H and O–H groups in total. The minimum atomic E-state index is -0.150. The zero-order valence-electron chi connectivity index (χ0n) is 9.56. The molecule has 0 radical (unpaired) electrons. The molecule has 0 aliphatic heterocycles. The number of hydrogen-bond donors (Lipinski definition) is 1. The van der Waals surface area contributed by atoms with Gasteiger partial charge in [-0.15, -0.1) is 0 Å². The molecule has 0 aliphatic rings. The quantitative estimate of drug-likeness (QED) is 0.871. The van der Waals surface area contributed by atoms with Gasteiger partial charge in [0.05, 0.1) is 13.2 Å². The van der Waals surface area contributed by atoms with Gasteiger partial charge in [-0.05, 0) is 46.4 Å². The highest BCUT2D eigenvalue weighted by molar-refractivity contribution is 14.1. The van der Waals surface area contributed by atoms with Gasteiger partial charge in [-0.2, -0.15) is 0 Å². The van der Waals surface area contributed by atoms with Crippen LogP contribution >= 0.6 is 22.6 Å². The lowest BCUT2D eigenvalue weighted by Gasteiger charge is -2.16. The topological polar surface area (TPSA) is 35.2 Å². The Bertz CT molecular complexity index is 496. The second-order valence-electron chi connectivity index (χ2n) is 3.77. The van der Waals surface area contributed by atoms with Crippen molar-refractivity contribution in [2.24, 2.45) is 5.73 Å². The first-order chi connectivity index (χ1) is 8.22. The van der Waals surface area contributed by atoms with E-state index < -0.39 is 0 Å². The van der Waals surface area contributed by atoms with Crippen molar-refractivity contribution in [1.29, 1.82) is 0 Å². The minimum absolute atomic E-state index is 0.150. The Kier molecular flexibility index (Phi) is 4.02. The van der Waals surface area contributed by atoms with E-state index >= 15 is 0 Å². The van der Waals surface area contributed by atoms with Crippen LogP contribution in [0.3, 0.4) is 0 Å². The number of para-hydroxylation sites is 1. The summed E-state index contributed by atoms with van der Waals surface area (Å²) in [5, 5.41) is 0. The minimum Gasteiger partial charge on any atom is -0.496 e. The third-order valence-electron chi connectivity index (χ3n) is 2.70. The Morgan fingerprint density at radius 3 is 2.35 bits per heavy atom. The van der Waals surface area contributed by atoms with Crippen LogP contribution in [0.1, 0.15) is 17.2 Å². The van der Waals surface area contributed by atoms with E-state index in [9.17, 15) is 0 Å². The molecule has 3 heteroatoms. The van der Waals surface area contributed by atoms with E-state index in [0.29, 0.717) is 0 Å². The summed E-state index contributed by atoms with van der Waals surface area (Å²) in [6.07, 6.45) is 0. The van der Waals surface area contributed by atoms with E-state index in [1.165, 1.54) is 3.57 Å². The van der Waals surface area contributed by atoms with E-state index in [2.05, 4.69) is 46.9 Å². The third-order valence-corrected chi connectivity index (χ3v) is 3.42. The molecule has 0 fully saturated rings. The first-order valence-electron chi connectivity index (χ1n) is 5.36. The van der Waals surface area contributed by atoms with Crippen LogP contribution in [0.2, 0.25) is 0 Å². The van der Waals surface area contributed by atoms with Crippen molar-refractivity contribution in [1.82, 2.24) is 0 Å². The van der Waals surface area contributed by atoms with Crippen LogP contribution < -0.4 is 10.5 Å². The summed E-state index contributed by atoms with van der Waals surface area (Å²) >= 11 is 2.28. The zero-order chi connectivity index (χ0) is 12.3. The molecule has 0 saturated heterocycles. The van der Waals surface area contributed by atoms with Gasteiger partial charge < -0.3 is 10.5 Å². The number of ether oxygens (including phenoxy) is 1. The summed E-state index contributed by atoms with van der Waals surface area (Å²) in [6, 6.07) is 15.9. The molecule has 0 aliphatic carbocycles. The Morgan fingerprint density at radius 2 is 1.71 bits per heavy atom. The summed E-state index contributed by atoms with van der Waals surface area (Å²) < 4.78 is 6.54. The van der Waals surface area contributed by atoms with E-state index in [0.717, 1.165) is 16.9 Å². The standard InChI is InChI=1S/C14H14INO/c1-17-13-5-3-2-4-12(13)14(16)10-6-8-11(15)9-7-10/h2-9,14H,16H2,1H3. The number of rotatable bonds is 3. The van der Waals surface area contributed by atoms with Crippen LogP contribution in [0.5, 0.6) is 5.75 Å². The number of nitrogens with two attached hydrogens (primary N) is 1. The van der Waals surface area contributed by atoms with Crippen LogP contribution in [-0.2, 0) is 0 Å². The fraction of sp³-hybridized carbons (Fsp3) is 0.143. The Morgan fingerprint density at radius 1 is 1.06 bits per heavy atom. The van der Waals surface area contributed by atoms with E-state index in [1.807, 2.05) is 24.3 Å². The molecule has 2 aromatic rings. The molecule has 0 amide bonds. The number of methoxy groups -OCH3 is 1. The van der Waals surface area contributed by atoms with Crippen molar-refractivity contribution in [2.75, 3.05) is 7.11 Å². The molecule has 1 atom stereocenters. The van der Waals surface area contributed by atoms with Gasteiger partial charge in [-0.3, -0.25) is 0 Å². The lowest BCUT2D eigenvalue weighted by atomic mass is 9.99. The maximum absolute atomic E-state index is 6.26. The highest BCUT2D eigenvalue weighted by Gasteiger charge is 2.12. The third kappa shape index (κ3) is 2.79. The average molecular weight is 339 g/mol. The van der Waals surface area contributed by atoms with Gasteiger partial charge in [0.15, 0.2) is 0 Å². The average Bonchev–Trinajstić information content (AvgIpc) is 2.39. The molecule has 1 unspecified atom stereocenters. The predicted molar refractivity (Wildman–Crippen MR) is 78.2 cm³/mol. The van der Waals surface area contributed by atoms with Crippen molar-refractivity contribution < 1.29 is 4.74 Å². The largest absolute Gasteiger partial charge is 0.496 e. The monoisotopic (exact) mass is 339 g/mol. The molecular formula is C14H14INO. The van der Waals surface area contributed by atoms with E-state index in [-0.39, 0.29) is 6.04 Å². The molecule has 2 nitrogen and oxygen atoms in total. The fourth-order valence-electron chi connectivity index (χ4n) is 1.77. The van der Waals surface area contributed by atoms with E-state index in [4.69, 9.17) is 10.5 Å². The summed E-state index contributed by atoms with van der Waals surface area (Å²) in [5.74, 6) is 0.832. The van der Waals surface area contributed by atoms with Crippen molar-refractivity contribution in [3.8, 4) is 5.75 Å². The Labute approximate surface area is 115 Å². The van der Waals surface area contributed by atoms with Crippen molar-refractivity contribution in [3.05, 3.63) is 63.2 Å². The zero-order valence-corrected chi connectivity index (χ0v) is 11.7. The van der Waals surface area contributed by atoms with Gasteiger partial charge in [-0.25, -0.2) is 0 Å². The highest BCUT2D eigenvalue weighted by atomic mass is 127. The first kappa shape index (κ1) is 12.4. The summed E-state index contributed by atoms with van der Waals surface area (Å²) in [4.78, 5) is 0. The molecule has 0 heterocycles. The maximum atomic E-state index is 6.26. The number of halogens is 1. The van der Waals surface area contributed by atoms with Gasteiger partial charge in [-0.1, -0.05) is 30.3 Å². The van der Waals surface area contributed by atoms with Gasteiger partial charge in [0.1, 0.15) is 5.75 Å². The van der Waals surface area contributed by atoms with Crippen molar-refractivity contribution in [3.63, 3.8) is 0 Å². The highest BCUT2D eigenvalue weighted by Crippen LogP contribution is 2.28. The molecule has 2 rings (SSSR count). The van der Waals surface area contributed by atoms with Crippen LogP contribution in [0.4, 0.5) is 0 Å². The first-order valence-corrected chi connectivity index (χ1v) is 6.44. The second-order valence-corrected chi connectivity index (χ2v) is 5.02. The SMILES string of the molecule is COc1ccccc1C(N)c1ccc(I)cc1. The molecule has 0 spiro atoms. The lowest BCUT2D eigenvalue weighted by Crippen LogP contribution is -2.12. The molecule has 17 heavy (non-hydrogen) atoms. The second kappa shape index (κ2) is 5.51. The van der Waals surface area contributed by atoms with Crippen molar-refractivity contribution in [2.45, 2.75) is 6.04 Å². The fourth-order valence-corrected chi connectivity index (χ4v) is 2.13. The molecule has 2 aromatic carbocycles. The number of benzene rings is 2. The number of hydrogen-bond acceptors (Lipinski definition) is 2. The predicted octanol–water partition coefficient (Wildman–Crippen LogP) is 3.35. The van der Waals surface area contributed by atoms with Gasteiger partial charge in [0.25, 0.3) is 0 Å². The molecule has 88 valence electrons. The van der Waals surface area contributed by atoms with E-state index in [1.54, 1.807) is 7.11 Å². The summed E-state index contributed by atoms with van der Waals surface area (Å²) in [5.41, 5.74) is 8.36. The lowest BCUT2D eigenvalue weighted by molar-refractivity contribution is 0.408. The Balaban J connectivity index is 2.36. The normalized spacial score (nSPS) is 12.2. The van der Waals surface area contributed by atoms with Gasteiger partial charge >= 0.3 is 0 Å². The molecule has 0 bridgehead atoms. The molecule has 0 saturated carbocycles. The van der Waals surface area contributed by atoms with Crippen molar-refractivity contribution >= 4 is 22.6 Å². The Hall–Kier alpha value is -1.07. The summed E-state index contributed by atoms with van der Waals surface area (Å²) in [6.45, 7) is 0. The summed E-state index contributed by atoms with van der Waals surface area (Å²) in [7, 11) is 1.67. The molecule has 0 aromatic heterocycles. The van der Waals surface area contributed by atoms with Crippen LogP contribution in [0, 0.1) is 3.57 Å². The van der Waals surface area contributed by atoms with Crippen LogP contribution in [0.15, 0.2) is 48.5 Å². The van der Waals surface area contributed by atoms with Gasteiger partial charge in [0, 0.05) is 9.13 Å².